The van der Waals surface area contributed by atoms with Crippen LogP contribution >= 0.6 is 0 Å². The summed E-state index contributed by atoms with van der Waals surface area (Å²) in [5.41, 5.74) is 4.16. The van der Waals surface area contributed by atoms with Crippen molar-refractivity contribution in [2.45, 2.75) is 0 Å². The molecule has 4 aromatic carbocycles. The average molecular weight is 337 g/mol. The van der Waals surface area contributed by atoms with Crippen molar-refractivity contribution >= 4 is 33.3 Å². The summed E-state index contributed by atoms with van der Waals surface area (Å²) < 4.78 is 5.65. The summed E-state index contributed by atoms with van der Waals surface area (Å²) in [7, 11) is 0. The van der Waals surface area contributed by atoms with Gasteiger partial charge in [-0.2, -0.15) is 0 Å². The summed E-state index contributed by atoms with van der Waals surface area (Å²) in [5.74, 6) is 0. The lowest BCUT2D eigenvalue weighted by atomic mass is 10.2. The second kappa shape index (κ2) is 7.58. The van der Waals surface area contributed by atoms with E-state index in [1.165, 1.54) is 10.8 Å². The maximum absolute atomic E-state index is 5.65. The number of furan rings is 1. The minimum absolute atomic E-state index is 0.962. The van der Waals surface area contributed by atoms with Crippen molar-refractivity contribution in [2.75, 3.05) is 5.32 Å². The van der Waals surface area contributed by atoms with Gasteiger partial charge in [0.1, 0.15) is 11.2 Å². The summed E-state index contributed by atoms with van der Waals surface area (Å²) in [6, 6.07) is 36.5. The number of benzene rings is 4. The van der Waals surface area contributed by atoms with Gasteiger partial charge in [0.25, 0.3) is 0 Å². The van der Waals surface area contributed by atoms with Crippen molar-refractivity contribution in [3.63, 3.8) is 0 Å². The Balaban J connectivity index is 0.000000129. The molecule has 0 spiro atoms. The zero-order valence-corrected chi connectivity index (χ0v) is 14.3. The predicted octanol–water partition coefficient (Wildman–Crippen LogP) is 7.02. The van der Waals surface area contributed by atoms with Crippen LogP contribution in [0, 0.1) is 0 Å². The molecule has 26 heavy (non-hydrogen) atoms. The Bertz CT molecular complexity index is 1010. The molecule has 126 valence electrons. The smallest absolute Gasteiger partial charge is 0.135 e. The van der Waals surface area contributed by atoms with E-state index in [0.717, 1.165) is 22.5 Å². The summed E-state index contributed by atoms with van der Waals surface area (Å²) >= 11 is 0. The Morgan fingerprint density at radius 1 is 0.423 bits per heavy atom. The van der Waals surface area contributed by atoms with Crippen LogP contribution in [0.3, 0.4) is 0 Å². The maximum Gasteiger partial charge on any atom is 0.135 e. The number of para-hydroxylation sites is 4. The maximum atomic E-state index is 5.65. The lowest BCUT2D eigenvalue weighted by molar-refractivity contribution is 0.669. The third-order valence-electron chi connectivity index (χ3n) is 4.12. The molecule has 0 amide bonds. The van der Waals surface area contributed by atoms with Gasteiger partial charge < -0.3 is 9.73 Å². The van der Waals surface area contributed by atoms with Crippen LogP contribution in [0.2, 0.25) is 0 Å². The lowest BCUT2D eigenvalue weighted by Gasteiger charge is -2.04. The van der Waals surface area contributed by atoms with Gasteiger partial charge in [-0.25, -0.2) is 0 Å². The molecule has 1 N–H and O–H groups in total. The Labute approximate surface area is 152 Å². The van der Waals surface area contributed by atoms with Crippen LogP contribution in [0.25, 0.3) is 21.9 Å². The molecule has 5 aromatic rings. The summed E-state index contributed by atoms with van der Waals surface area (Å²) in [6.45, 7) is 0. The fraction of sp³-hybridized carbons (Fsp3) is 0. The van der Waals surface area contributed by atoms with Crippen molar-refractivity contribution in [3.05, 3.63) is 109 Å². The number of anilines is 2. The molecule has 0 fully saturated rings. The van der Waals surface area contributed by atoms with E-state index >= 15 is 0 Å². The minimum Gasteiger partial charge on any atom is -0.456 e. The molecule has 0 aliphatic heterocycles. The molecule has 0 atom stereocenters. The third-order valence-corrected chi connectivity index (χ3v) is 4.12. The van der Waals surface area contributed by atoms with Crippen molar-refractivity contribution in [2.24, 2.45) is 0 Å². The van der Waals surface area contributed by atoms with Gasteiger partial charge in [0.15, 0.2) is 0 Å². The Kier molecular flexibility index (Phi) is 4.66. The first-order valence-electron chi connectivity index (χ1n) is 8.63. The third kappa shape index (κ3) is 3.60. The fourth-order valence-corrected chi connectivity index (χ4v) is 2.88. The van der Waals surface area contributed by atoms with Crippen molar-refractivity contribution < 1.29 is 4.42 Å². The number of rotatable bonds is 2. The summed E-state index contributed by atoms with van der Waals surface area (Å²) in [5, 5.41) is 5.69. The number of hydrogen-bond donors (Lipinski definition) is 1. The first-order valence-corrected chi connectivity index (χ1v) is 8.63. The number of nitrogens with one attached hydrogen (secondary N) is 1. The zero-order chi connectivity index (χ0) is 17.6. The molecule has 5 rings (SSSR count). The first kappa shape index (κ1) is 16.0. The van der Waals surface area contributed by atoms with Crippen LogP contribution < -0.4 is 5.32 Å². The molecule has 0 aliphatic rings. The Morgan fingerprint density at radius 2 is 0.808 bits per heavy atom. The topological polar surface area (TPSA) is 25.2 Å². The zero-order valence-electron chi connectivity index (χ0n) is 14.3. The Hall–Kier alpha value is -3.52. The molecule has 1 aromatic heterocycles. The highest BCUT2D eigenvalue weighted by Crippen LogP contribution is 2.27. The first-order chi connectivity index (χ1) is 12.9. The quantitative estimate of drug-likeness (QED) is 0.374. The minimum atomic E-state index is 0.962. The monoisotopic (exact) mass is 337 g/mol. The molecule has 0 aliphatic carbocycles. The largest absolute Gasteiger partial charge is 0.456 e. The molecule has 1 heterocycles. The van der Waals surface area contributed by atoms with Crippen LogP contribution in [0.1, 0.15) is 0 Å². The second-order valence-electron chi connectivity index (χ2n) is 5.95. The molecule has 2 heteroatoms. The van der Waals surface area contributed by atoms with Gasteiger partial charge in [0.2, 0.25) is 0 Å². The van der Waals surface area contributed by atoms with E-state index in [2.05, 4.69) is 17.4 Å². The van der Waals surface area contributed by atoms with Gasteiger partial charge >= 0.3 is 0 Å². The van der Waals surface area contributed by atoms with Crippen LogP contribution in [-0.4, -0.2) is 0 Å². The molecular formula is C24H19NO. The highest BCUT2D eigenvalue weighted by Gasteiger charge is 2.03. The van der Waals surface area contributed by atoms with Gasteiger partial charge in [-0.05, 0) is 36.4 Å². The predicted molar refractivity (Wildman–Crippen MR) is 110 cm³/mol. The van der Waals surface area contributed by atoms with Gasteiger partial charge in [-0.3, -0.25) is 0 Å². The Morgan fingerprint density at radius 3 is 1.27 bits per heavy atom. The van der Waals surface area contributed by atoms with Gasteiger partial charge in [-0.15, -0.1) is 0 Å². The highest BCUT2D eigenvalue weighted by atomic mass is 16.3. The van der Waals surface area contributed by atoms with E-state index in [4.69, 9.17) is 4.42 Å². The summed E-state index contributed by atoms with van der Waals surface area (Å²) in [4.78, 5) is 0. The lowest BCUT2D eigenvalue weighted by Crippen LogP contribution is -1.87. The van der Waals surface area contributed by atoms with E-state index < -0.39 is 0 Å². The second-order valence-corrected chi connectivity index (χ2v) is 5.95. The summed E-state index contributed by atoms with van der Waals surface area (Å²) in [6.07, 6.45) is 0. The molecule has 0 saturated heterocycles. The van der Waals surface area contributed by atoms with E-state index in [9.17, 15) is 0 Å². The molecule has 0 bridgehead atoms. The normalized spacial score (nSPS) is 10.3. The highest BCUT2D eigenvalue weighted by molar-refractivity contribution is 6.04. The molecule has 0 unspecified atom stereocenters. The van der Waals surface area contributed by atoms with Crippen LogP contribution in [0.15, 0.2) is 114 Å². The van der Waals surface area contributed by atoms with Crippen molar-refractivity contribution in [1.29, 1.82) is 0 Å². The molecule has 0 radical (unpaired) electrons. The molecular weight excluding hydrogens is 318 g/mol. The molecule has 2 nitrogen and oxygen atoms in total. The van der Waals surface area contributed by atoms with Crippen molar-refractivity contribution in [3.8, 4) is 0 Å². The van der Waals surface area contributed by atoms with Crippen LogP contribution in [0.4, 0.5) is 11.4 Å². The van der Waals surface area contributed by atoms with Crippen LogP contribution in [-0.2, 0) is 0 Å². The van der Waals surface area contributed by atoms with Gasteiger partial charge in [0, 0.05) is 22.1 Å². The standard InChI is InChI=1S/C12H11N.C12H8O/c1-3-7-11(8-4-1)13-12-9-5-2-6-10-12;1-3-7-11-9(5-1)10-6-2-4-8-12(10)13-11/h1-10,13H;1-8H. The fourth-order valence-electron chi connectivity index (χ4n) is 2.88. The average Bonchev–Trinajstić information content (AvgIpc) is 3.09. The number of fused-ring (bicyclic) bond motifs is 3. The SMILES string of the molecule is c1ccc(Nc2ccccc2)cc1.c1ccc2c(c1)oc1ccccc12. The number of hydrogen-bond acceptors (Lipinski definition) is 2. The van der Waals surface area contributed by atoms with Gasteiger partial charge in [0.05, 0.1) is 0 Å². The molecule has 0 saturated carbocycles. The van der Waals surface area contributed by atoms with Gasteiger partial charge in [-0.1, -0.05) is 72.8 Å². The van der Waals surface area contributed by atoms with E-state index in [0.29, 0.717) is 0 Å². The van der Waals surface area contributed by atoms with E-state index in [-0.39, 0.29) is 0 Å². The van der Waals surface area contributed by atoms with E-state index in [1.807, 2.05) is 97.1 Å². The van der Waals surface area contributed by atoms with Crippen molar-refractivity contribution in [1.82, 2.24) is 0 Å². The van der Waals surface area contributed by atoms with Crippen LogP contribution in [0.5, 0.6) is 0 Å². The van der Waals surface area contributed by atoms with E-state index in [1.54, 1.807) is 0 Å².